The third-order valence-corrected chi connectivity index (χ3v) is 5.75. The van der Waals surface area contributed by atoms with Gasteiger partial charge in [-0.05, 0) is 24.3 Å². The lowest BCUT2D eigenvalue weighted by molar-refractivity contribution is -0.129. The summed E-state index contributed by atoms with van der Waals surface area (Å²) >= 11 is 0. The number of hydrogen-bond donors (Lipinski definition) is 0. The van der Waals surface area contributed by atoms with Gasteiger partial charge in [-0.2, -0.15) is 9.78 Å². The second-order valence-electron chi connectivity index (χ2n) is 7.73. The van der Waals surface area contributed by atoms with Crippen molar-refractivity contribution >= 4 is 22.4 Å². The summed E-state index contributed by atoms with van der Waals surface area (Å²) in [5, 5.41) is 6.22. The van der Waals surface area contributed by atoms with Gasteiger partial charge >= 0.3 is 0 Å². The van der Waals surface area contributed by atoms with Crippen molar-refractivity contribution in [1.82, 2.24) is 14.7 Å². The molecule has 0 N–H and O–H groups in total. The van der Waals surface area contributed by atoms with Gasteiger partial charge in [0.1, 0.15) is 0 Å². The van der Waals surface area contributed by atoms with Gasteiger partial charge in [-0.25, -0.2) is 0 Å². The third kappa shape index (κ3) is 3.46. The lowest BCUT2D eigenvalue weighted by Crippen LogP contribution is -2.48. The SMILES string of the molecule is CN1CCN(c2cccc(-n3nc(-c4ccccc4)c4ccccc4c3=O)c2)CC1=O. The van der Waals surface area contributed by atoms with Crippen LogP contribution in [0.4, 0.5) is 5.69 Å². The Kier molecular flexibility index (Phi) is 4.75. The molecule has 1 aliphatic rings. The quantitative estimate of drug-likeness (QED) is 0.520. The van der Waals surface area contributed by atoms with Crippen molar-refractivity contribution in [3.05, 3.63) is 89.2 Å². The second-order valence-corrected chi connectivity index (χ2v) is 7.73. The van der Waals surface area contributed by atoms with Crippen LogP contribution in [-0.4, -0.2) is 47.3 Å². The van der Waals surface area contributed by atoms with E-state index in [0.29, 0.717) is 24.2 Å². The summed E-state index contributed by atoms with van der Waals surface area (Å²) in [7, 11) is 1.82. The monoisotopic (exact) mass is 410 g/mol. The summed E-state index contributed by atoms with van der Waals surface area (Å²) in [4.78, 5) is 29.2. The molecule has 5 rings (SSSR count). The van der Waals surface area contributed by atoms with E-state index in [-0.39, 0.29) is 11.5 Å². The number of fused-ring (bicyclic) bond motifs is 1. The molecule has 31 heavy (non-hydrogen) atoms. The minimum absolute atomic E-state index is 0.0871. The number of aromatic nitrogens is 2. The number of carbonyl (C=O) groups is 1. The molecule has 0 atom stereocenters. The van der Waals surface area contributed by atoms with Crippen molar-refractivity contribution < 1.29 is 4.79 Å². The average molecular weight is 410 g/mol. The number of likely N-dealkylation sites (N-methyl/N-ethyl adjacent to an activating group) is 1. The van der Waals surface area contributed by atoms with E-state index >= 15 is 0 Å². The predicted molar refractivity (Wildman–Crippen MR) is 123 cm³/mol. The van der Waals surface area contributed by atoms with Crippen LogP contribution in [-0.2, 0) is 4.79 Å². The van der Waals surface area contributed by atoms with Gasteiger partial charge in [-0.1, -0.05) is 54.6 Å². The maximum absolute atomic E-state index is 13.3. The fourth-order valence-corrected chi connectivity index (χ4v) is 3.97. The van der Waals surface area contributed by atoms with E-state index in [1.165, 1.54) is 4.68 Å². The van der Waals surface area contributed by atoms with E-state index in [0.717, 1.165) is 28.9 Å². The van der Waals surface area contributed by atoms with Gasteiger partial charge < -0.3 is 9.80 Å². The largest absolute Gasteiger partial charge is 0.360 e. The van der Waals surface area contributed by atoms with E-state index in [9.17, 15) is 9.59 Å². The Morgan fingerprint density at radius 3 is 2.26 bits per heavy atom. The predicted octanol–water partition coefficient (Wildman–Crippen LogP) is 3.33. The molecular formula is C25H22N4O2. The molecule has 0 bridgehead atoms. The second kappa shape index (κ2) is 7.72. The Balaban J connectivity index is 1.65. The number of carbonyl (C=O) groups excluding carboxylic acids is 1. The van der Waals surface area contributed by atoms with Crippen LogP contribution in [0.25, 0.3) is 27.7 Å². The van der Waals surface area contributed by atoms with E-state index < -0.39 is 0 Å². The highest BCUT2D eigenvalue weighted by atomic mass is 16.2. The summed E-state index contributed by atoms with van der Waals surface area (Å²) in [6.07, 6.45) is 0. The van der Waals surface area contributed by atoms with Crippen LogP contribution in [0.3, 0.4) is 0 Å². The van der Waals surface area contributed by atoms with Crippen molar-refractivity contribution in [2.24, 2.45) is 0 Å². The van der Waals surface area contributed by atoms with Crippen molar-refractivity contribution in [2.75, 3.05) is 31.6 Å². The molecule has 1 fully saturated rings. The first-order valence-electron chi connectivity index (χ1n) is 10.3. The molecule has 0 radical (unpaired) electrons. The third-order valence-electron chi connectivity index (χ3n) is 5.75. The lowest BCUT2D eigenvalue weighted by Gasteiger charge is -2.33. The van der Waals surface area contributed by atoms with Gasteiger partial charge in [-0.3, -0.25) is 9.59 Å². The molecule has 0 aliphatic carbocycles. The number of piperazine rings is 1. The van der Waals surface area contributed by atoms with E-state index in [4.69, 9.17) is 5.10 Å². The molecule has 1 saturated heterocycles. The molecular weight excluding hydrogens is 388 g/mol. The number of amides is 1. The van der Waals surface area contributed by atoms with Crippen molar-refractivity contribution in [3.63, 3.8) is 0 Å². The highest BCUT2D eigenvalue weighted by Gasteiger charge is 2.22. The molecule has 154 valence electrons. The minimum atomic E-state index is -0.165. The van der Waals surface area contributed by atoms with Gasteiger partial charge in [0, 0.05) is 36.8 Å². The molecule has 6 heteroatoms. The molecule has 6 nitrogen and oxygen atoms in total. The number of hydrogen-bond acceptors (Lipinski definition) is 4. The Bertz CT molecular complexity index is 1330. The van der Waals surface area contributed by atoms with E-state index in [2.05, 4.69) is 0 Å². The van der Waals surface area contributed by atoms with Crippen LogP contribution in [0.1, 0.15) is 0 Å². The fraction of sp³-hybridized carbons (Fsp3) is 0.160. The van der Waals surface area contributed by atoms with Crippen LogP contribution in [0.2, 0.25) is 0 Å². The van der Waals surface area contributed by atoms with Crippen LogP contribution >= 0.6 is 0 Å². The first kappa shape index (κ1) is 19.1. The van der Waals surface area contributed by atoms with Gasteiger partial charge in [0.15, 0.2) is 0 Å². The fourth-order valence-electron chi connectivity index (χ4n) is 3.97. The van der Waals surface area contributed by atoms with Crippen LogP contribution in [0, 0.1) is 0 Å². The number of anilines is 1. The molecule has 3 aromatic carbocycles. The number of nitrogens with zero attached hydrogens (tertiary/aromatic N) is 4. The molecule has 0 spiro atoms. The zero-order valence-corrected chi connectivity index (χ0v) is 17.2. The van der Waals surface area contributed by atoms with Crippen LogP contribution in [0.5, 0.6) is 0 Å². The highest BCUT2D eigenvalue weighted by molar-refractivity contribution is 5.94. The molecule has 0 saturated carbocycles. The van der Waals surface area contributed by atoms with E-state index in [1.54, 1.807) is 4.90 Å². The van der Waals surface area contributed by atoms with Gasteiger partial charge in [0.2, 0.25) is 5.91 Å². The summed E-state index contributed by atoms with van der Waals surface area (Å²) in [6, 6.07) is 25.1. The normalized spacial score (nSPS) is 14.3. The van der Waals surface area contributed by atoms with Crippen LogP contribution < -0.4 is 10.5 Å². The maximum Gasteiger partial charge on any atom is 0.279 e. The molecule has 1 aromatic heterocycles. The summed E-state index contributed by atoms with van der Waals surface area (Å²) < 4.78 is 1.46. The smallest absolute Gasteiger partial charge is 0.279 e. The average Bonchev–Trinajstić information content (AvgIpc) is 2.82. The summed E-state index contributed by atoms with van der Waals surface area (Å²) in [5.41, 5.74) is 3.13. The van der Waals surface area contributed by atoms with Crippen LogP contribution in [0.15, 0.2) is 83.7 Å². The summed E-state index contributed by atoms with van der Waals surface area (Å²) in [5.74, 6) is 0.0871. The number of rotatable bonds is 3. The first-order chi connectivity index (χ1) is 15.1. The first-order valence-corrected chi connectivity index (χ1v) is 10.3. The van der Waals surface area contributed by atoms with Gasteiger partial charge in [-0.15, -0.1) is 0 Å². The highest BCUT2D eigenvalue weighted by Crippen LogP contribution is 2.26. The van der Waals surface area contributed by atoms with Crippen molar-refractivity contribution in [3.8, 4) is 16.9 Å². The van der Waals surface area contributed by atoms with Crippen molar-refractivity contribution in [2.45, 2.75) is 0 Å². The molecule has 4 aromatic rings. The Morgan fingerprint density at radius 2 is 1.48 bits per heavy atom. The lowest BCUT2D eigenvalue weighted by atomic mass is 10.1. The summed E-state index contributed by atoms with van der Waals surface area (Å²) in [6.45, 7) is 1.76. The zero-order chi connectivity index (χ0) is 21.4. The molecule has 0 unspecified atom stereocenters. The molecule has 1 amide bonds. The Labute approximate surface area is 180 Å². The Hall–Kier alpha value is -3.93. The minimum Gasteiger partial charge on any atom is -0.360 e. The molecule has 1 aliphatic heterocycles. The maximum atomic E-state index is 13.3. The topological polar surface area (TPSA) is 58.4 Å². The van der Waals surface area contributed by atoms with Gasteiger partial charge in [0.25, 0.3) is 5.56 Å². The van der Waals surface area contributed by atoms with Gasteiger partial charge in [0.05, 0.1) is 23.3 Å². The Morgan fingerprint density at radius 1 is 0.774 bits per heavy atom. The van der Waals surface area contributed by atoms with Crippen molar-refractivity contribution in [1.29, 1.82) is 0 Å². The molecule has 2 heterocycles. The van der Waals surface area contributed by atoms with E-state index in [1.807, 2.05) is 90.8 Å². The number of benzene rings is 3. The standard InChI is InChI=1S/C25H22N4O2/c1-27-14-15-28(17-23(27)30)19-10-7-11-20(16-19)29-25(31)22-13-6-5-12-21(22)24(26-29)18-8-3-2-4-9-18/h2-13,16H,14-15,17H2,1H3. The zero-order valence-electron chi connectivity index (χ0n) is 17.2.